The molecule has 5 aromatic rings. The van der Waals surface area contributed by atoms with Gasteiger partial charge in [-0.2, -0.15) is 0 Å². The molecule has 0 radical (unpaired) electrons. The second kappa shape index (κ2) is 7.27. The normalized spacial score (nSPS) is 11.2. The van der Waals surface area contributed by atoms with Gasteiger partial charge in [0.25, 0.3) is 0 Å². The van der Waals surface area contributed by atoms with E-state index in [2.05, 4.69) is 38.5 Å². The minimum Gasteiger partial charge on any atom is -0.497 e. The molecule has 0 saturated heterocycles. The van der Waals surface area contributed by atoms with Gasteiger partial charge >= 0.3 is 0 Å². The molecule has 7 nitrogen and oxygen atoms in total. The van der Waals surface area contributed by atoms with E-state index in [0.717, 1.165) is 44.8 Å². The SMILES string of the molecule is COc1ccnc(Cc2ccc3nnn(Cc4ccc5ncccc5c4)c3n2)c1. The molecule has 0 unspecified atom stereocenters. The second-order valence-electron chi connectivity index (χ2n) is 6.79. The molecular formula is C22H18N6O. The van der Waals surface area contributed by atoms with Crippen molar-refractivity contribution in [2.24, 2.45) is 0 Å². The highest BCUT2D eigenvalue weighted by atomic mass is 16.5. The predicted molar refractivity (Wildman–Crippen MR) is 110 cm³/mol. The number of rotatable bonds is 5. The van der Waals surface area contributed by atoms with E-state index in [1.165, 1.54) is 0 Å². The second-order valence-corrected chi connectivity index (χ2v) is 6.79. The van der Waals surface area contributed by atoms with Crippen LogP contribution in [0.5, 0.6) is 5.75 Å². The predicted octanol–water partition coefficient (Wildman–Crippen LogP) is 3.42. The Bertz CT molecular complexity index is 1310. The van der Waals surface area contributed by atoms with Crippen molar-refractivity contribution in [3.8, 4) is 5.75 Å². The first-order chi connectivity index (χ1) is 14.3. The number of hydrogen-bond donors (Lipinski definition) is 0. The monoisotopic (exact) mass is 382 g/mol. The average Bonchev–Trinajstić information content (AvgIpc) is 3.16. The summed E-state index contributed by atoms with van der Waals surface area (Å²) in [6.07, 6.45) is 4.16. The number of nitrogens with zero attached hydrogens (tertiary/aromatic N) is 6. The van der Waals surface area contributed by atoms with Crippen LogP contribution in [-0.4, -0.2) is 37.1 Å². The molecule has 0 amide bonds. The molecule has 4 aromatic heterocycles. The number of hydrogen-bond acceptors (Lipinski definition) is 6. The van der Waals surface area contributed by atoms with Gasteiger partial charge in [-0.15, -0.1) is 5.10 Å². The Morgan fingerprint density at radius 2 is 1.83 bits per heavy atom. The first kappa shape index (κ1) is 17.2. The van der Waals surface area contributed by atoms with Crippen LogP contribution in [-0.2, 0) is 13.0 Å². The van der Waals surface area contributed by atoms with E-state index in [1.807, 2.05) is 41.1 Å². The standard InChI is InChI=1S/C22H18N6O/c1-29-19-8-10-23-18(13-19)12-17-5-7-21-22(25-17)28(27-26-21)14-15-4-6-20-16(11-15)3-2-9-24-20/h2-11,13H,12,14H2,1H3. The van der Waals surface area contributed by atoms with Crippen molar-refractivity contribution in [3.05, 3.63) is 83.9 Å². The zero-order valence-electron chi connectivity index (χ0n) is 15.9. The summed E-state index contributed by atoms with van der Waals surface area (Å²) in [6, 6.07) is 17.9. The first-order valence-corrected chi connectivity index (χ1v) is 9.30. The van der Waals surface area contributed by atoms with E-state index in [0.29, 0.717) is 13.0 Å². The van der Waals surface area contributed by atoms with E-state index in [9.17, 15) is 0 Å². The number of methoxy groups -OCH3 is 1. The molecule has 4 heterocycles. The van der Waals surface area contributed by atoms with Gasteiger partial charge in [0.1, 0.15) is 11.3 Å². The van der Waals surface area contributed by atoms with Gasteiger partial charge in [-0.05, 0) is 42.0 Å². The Morgan fingerprint density at radius 1 is 0.897 bits per heavy atom. The molecular weight excluding hydrogens is 364 g/mol. The van der Waals surface area contributed by atoms with Crippen LogP contribution in [0.2, 0.25) is 0 Å². The Morgan fingerprint density at radius 3 is 2.76 bits per heavy atom. The average molecular weight is 382 g/mol. The molecule has 0 fully saturated rings. The molecule has 5 rings (SSSR count). The quantitative estimate of drug-likeness (QED) is 0.463. The lowest BCUT2D eigenvalue weighted by molar-refractivity contribution is 0.413. The molecule has 0 saturated carbocycles. The Hall–Kier alpha value is -3.87. The lowest BCUT2D eigenvalue weighted by Gasteiger charge is -2.06. The summed E-state index contributed by atoms with van der Waals surface area (Å²) in [5.74, 6) is 0.786. The van der Waals surface area contributed by atoms with Crippen LogP contribution in [0.4, 0.5) is 0 Å². The summed E-state index contributed by atoms with van der Waals surface area (Å²) in [5.41, 5.74) is 5.44. The molecule has 0 atom stereocenters. The Labute approximate surface area is 167 Å². The lowest BCUT2D eigenvalue weighted by atomic mass is 10.1. The van der Waals surface area contributed by atoms with Gasteiger partial charge in [0.2, 0.25) is 0 Å². The van der Waals surface area contributed by atoms with Crippen molar-refractivity contribution in [3.63, 3.8) is 0 Å². The summed E-state index contributed by atoms with van der Waals surface area (Å²) < 4.78 is 7.11. The fourth-order valence-electron chi connectivity index (χ4n) is 3.36. The van der Waals surface area contributed by atoms with Gasteiger partial charge in [0.05, 0.1) is 19.2 Å². The summed E-state index contributed by atoms with van der Waals surface area (Å²) in [4.78, 5) is 13.6. The summed E-state index contributed by atoms with van der Waals surface area (Å²) in [6.45, 7) is 0.592. The van der Waals surface area contributed by atoms with Crippen LogP contribution in [0.15, 0.2) is 67.0 Å². The maximum absolute atomic E-state index is 5.28. The molecule has 0 aliphatic rings. The largest absolute Gasteiger partial charge is 0.497 e. The third-order valence-electron chi connectivity index (χ3n) is 4.80. The maximum Gasteiger partial charge on any atom is 0.179 e. The molecule has 7 heteroatoms. The van der Waals surface area contributed by atoms with E-state index in [1.54, 1.807) is 19.5 Å². The van der Waals surface area contributed by atoms with Gasteiger partial charge in [0.15, 0.2) is 5.65 Å². The van der Waals surface area contributed by atoms with Crippen LogP contribution < -0.4 is 4.74 Å². The molecule has 1 aromatic carbocycles. The van der Waals surface area contributed by atoms with E-state index >= 15 is 0 Å². The lowest BCUT2D eigenvalue weighted by Crippen LogP contribution is -2.04. The maximum atomic E-state index is 5.28. The number of pyridine rings is 3. The highest BCUT2D eigenvalue weighted by Gasteiger charge is 2.10. The van der Waals surface area contributed by atoms with Gasteiger partial charge in [-0.1, -0.05) is 17.3 Å². The molecule has 0 bridgehead atoms. The summed E-state index contributed by atoms with van der Waals surface area (Å²) >= 11 is 0. The number of benzene rings is 1. The van der Waals surface area contributed by atoms with Gasteiger partial charge in [-0.3, -0.25) is 9.97 Å². The third kappa shape index (κ3) is 3.50. The van der Waals surface area contributed by atoms with Crippen molar-refractivity contribution in [1.29, 1.82) is 0 Å². The van der Waals surface area contributed by atoms with Crippen molar-refractivity contribution in [2.75, 3.05) is 7.11 Å². The fraction of sp³-hybridized carbons (Fsp3) is 0.136. The van der Waals surface area contributed by atoms with E-state index in [4.69, 9.17) is 9.72 Å². The molecule has 142 valence electrons. The smallest absolute Gasteiger partial charge is 0.179 e. The highest BCUT2D eigenvalue weighted by Crippen LogP contribution is 2.18. The molecule has 29 heavy (non-hydrogen) atoms. The minimum absolute atomic E-state index is 0.592. The van der Waals surface area contributed by atoms with Crippen LogP contribution in [0.3, 0.4) is 0 Å². The van der Waals surface area contributed by atoms with E-state index < -0.39 is 0 Å². The van der Waals surface area contributed by atoms with Crippen LogP contribution in [0.25, 0.3) is 22.1 Å². The topological polar surface area (TPSA) is 78.6 Å². The molecule has 0 aliphatic carbocycles. The van der Waals surface area contributed by atoms with E-state index in [-0.39, 0.29) is 0 Å². The number of aromatic nitrogens is 6. The summed E-state index contributed by atoms with van der Waals surface area (Å²) in [7, 11) is 1.65. The zero-order valence-corrected chi connectivity index (χ0v) is 15.9. The van der Waals surface area contributed by atoms with Crippen LogP contribution in [0, 0.1) is 0 Å². The molecule has 0 aliphatic heterocycles. The zero-order chi connectivity index (χ0) is 19.6. The summed E-state index contributed by atoms with van der Waals surface area (Å²) in [5, 5.41) is 9.66. The number of fused-ring (bicyclic) bond motifs is 2. The van der Waals surface area contributed by atoms with Crippen molar-refractivity contribution in [2.45, 2.75) is 13.0 Å². The van der Waals surface area contributed by atoms with Crippen molar-refractivity contribution < 1.29 is 4.74 Å². The van der Waals surface area contributed by atoms with Crippen molar-refractivity contribution >= 4 is 22.1 Å². The van der Waals surface area contributed by atoms with Gasteiger partial charge in [-0.25, -0.2) is 9.67 Å². The molecule has 0 spiro atoms. The van der Waals surface area contributed by atoms with Crippen LogP contribution >= 0.6 is 0 Å². The third-order valence-corrected chi connectivity index (χ3v) is 4.80. The Kier molecular flexibility index (Phi) is 4.32. The number of ether oxygens (including phenoxy) is 1. The van der Waals surface area contributed by atoms with Crippen LogP contribution in [0.1, 0.15) is 17.0 Å². The minimum atomic E-state index is 0.592. The molecule has 0 N–H and O–H groups in total. The highest BCUT2D eigenvalue weighted by molar-refractivity contribution is 5.79. The van der Waals surface area contributed by atoms with Crippen molar-refractivity contribution in [1.82, 2.24) is 29.9 Å². The first-order valence-electron chi connectivity index (χ1n) is 9.30. The Balaban J connectivity index is 1.45. The van der Waals surface area contributed by atoms with Gasteiger partial charge in [0, 0.05) is 41.7 Å². The van der Waals surface area contributed by atoms with Gasteiger partial charge < -0.3 is 4.74 Å². The fourth-order valence-corrected chi connectivity index (χ4v) is 3.36.